The second-order valence-electron chi connectivity index (χ2n) is 7.84. The SMILES string of the molecule is C=CCc1cc(CNCc2nc(-c3ccccc3)oc2C)ccc1OC(C)(C)C(=O)O. The summed E-state index contributed by atoms with van der Waals surface area (Å²) in [5.41, 5.74) is 2.46. The van der Waals surface area contributed by atoms with Crippen LogP contribution in [0.1, 0.15) is 36.4 Å². The van der Waals surface area contributed by atoms with E-state index in [2.05, 4.69) is 16.9 Å². The lowest BCUT2D eigenvalue weighted by Crippen LogP contribution is -2.38. The van der Waals surface area contributed by atoms with Crippen LogP contribution in [0.25, 0.3) is 11.5 Å². The third-order valence-corrected chi connectivity index (χ3v) is 4.90. The van der Waals surface area contributed by atoms with Gasteiger partial charge in [-0.25, -0.2) is 9.78 Å². The van der Waals surface area contributed by atoms with E-state index in [1.165, 1.54) is 13.8 Å². The Morgan fingerprint density at radius 1 is 1.23 bits per heavy atom. The summed E-state index contributed by atoms with van der Waals surface area (Å²) < 4.78 is 11.6. The number of aromatic nitrogens is 1. The van der Waals surface area contributed by atoms with Crippen molar-refractivity contribution in [2.45, 2.75) is 45.9 Å². The minimum atomic E-state index is -1.31. The number of carbonyl (C=O) groups is 1. The summed E-state index contributed by atoms with van der Waals surface area (Å²) in [5, 5.41) is 12.7. The maximum Gasteiger partial charge on any atom is 0.347 e. The van der Waals surface area contributed by atoms with Crippen molar-refractivity contribution >= 4 is 5.97 Å². The molecule has 162 valence electrons. The van der Waals surface area contributed by atoms with Gasteiger partial charge in [0.2, 0.25) is 5.89 Å². The van der Waals surface area contributed by atoms with Crippen molar-refractivity contribution in [3.8, 4) is 17.2 Å². The Balaban J connectivity index is 1.67. The zero-order valence-corrected chi connectivity index (χ0v) is 18.1. The molecule has 2 aromatic carbocycles. The topological polar surface area (TPSA) is 84.6 Å². The van der Waals surface area contributed by atoms with Crippen molar-refractivity contribution in [3.63, 3.8) is 0 Å². The van der Waals surface area contributed by atoms with E-state index in [9.17, 15) is 9.90 Å². The summed E-state index contributed by atoms with van der Waals surface area (Å²) in [4.78, 5) is 16.0. The summed E-state index contributed by atoms with van der Waals surface area (Å²) in [5.74, 6) is 0.945. The largest absolute Gasteiger partial charge is 0.478 e. The Hall–Kier alpha value is -3.38. The minimum Gasteiger partial charge on any atom is -0.478 e. The van der Waals surface area contributed by atoms with Gasteiger partial charge in [0.1, 0.15) is 11.5 Å². The van der Waals surface area contributed by atoms with Crippen molar-refractivity contribution in [1.82, 2.24) is 10.3 Å². The maximum atomic E-state index is 11.4. The highest BCUT2D eigenvalue weighted by Gasteiger charge is 2.30. The second kappa shape index (κ2) is 9.62. The van der Waals surface area contributed by atoms with Crippen LogP contribution in [-0.2, 0) is 24.3 Å². The number of nitrogens with one attached hydrogen (secondary N) is 1. The number of hydrogen-bond acceptors (Lipinski definition) is 5. The number of aryl methyl sites for hydroxylation is 1. The van der Waals surface area contributed by atoms with Crippen LogP contribution in [0.4, 0.5) is 0 Å². The van der Waals surface area contributed by atoms with E-state index >= 15 is 0 Å². The fourth-order valence-corrected chi connectivity index (χ4v) is 3.10. The highest BCUT2D eigenvalue weighted by Crippen LogP contribution is 2.26. The number of carboxylic acid groups (broad SMARTS) is 1. The molecule has 0 aliphatic rings. The van der Waals surface area contributed by atoms with Gasteiger partial charge in [-0.05, 0) is 56.5 Å². The molecule has 0 radical (unpaired) electrons. The molecule has 6 heteroatoms. The van der Waals surface area contributed by atoms with Gasteiger partial charge >= 0.3 is 5.97 Å². The zero-order valence-electron chi connectivity index (χ0n) is 18.1. The molecule has 6 nitrogen and oxygen atoms in total. The number of allylic oxidation sites excluding steroid dienone is 1. The first kappa shape index (κ1) is 22.3. The molecule has 31 heavy (non-hydrogen) atoms. The van der Waals surface area contributed by atoms with Gasteiger partial charge in [0.05, 0.1) is 5.69 Å². The standard InChI is InChI=1S/C25H28N2O4/c1-5-9-20-14-18(12-13-22(20)31-25(3,4)24(28)29)15-26-16-21-17(2)30-23(27-21)19-10-7-6-8-11-19/h5-8,10-14,26H,1,9,15-16H2,2-4H3,(H,28,29). The molecule has 0 fully saturated rings. The van der Waals surface area contributed by atoms with Gasteiger partial charge in [-0.15, -0.1) is 6.58 Å². The second-order valence-corrected chi connectivity index (χ2v) is 7.84. The van der Waals surface area contributed by atoms with Crippen LogP contribution in [0.3, 0.4) is 0 Å². The molecule has 3 rings (SSSR count). The Bertz CT molecular complexity index is 1050. The van der Waals surface area contributed by atoms with Gasteiger partial charge < -0.3 is 19.6 Å². The number of benzene rings is 2. The molecule has 1 heterocycles. The van der Waals surface area contributed by atoms with Gasteiger partial charge in [-0.3, -0.25) is 0 Å². The number of rotatable bonds is 10. The van der Waals surface area contributed by atoms with E-state index < -0.39 is 11.6 Å². The first-order valence-corrected chi connectivity index (χ1v) is 10.2. The molecule has 2 N–H and O–H groups in total. The summed E-state index contributed by atoms with van der Waals surface area (Å²) in [7, 11) is 0. The van der Waals surface area contributed by atoms with Crippen LogP contribution < -0.4 is 10.1 Å². The van der Waals surface area contributed by atoms with E-state index in [4.69, 9.17) is 9.15 Å². The zero-order chi connectivity index (χ0) is 22.4. The molecule has 3 aromatic rings. The number of aliphatic carboxylic acids is 1. The molecular formula is C25H28N2O4. The summed E-state index contributed by atoms with van der Waals surface area (Å²) in [6.45, 7) is 9.97. The predicted octanol–water partition coefficient (Wildman–Crippen LogP) is 4.91. The Morgan fingerprint density at radius 2 is 1.97 bits per heavy atom. The number of hydrogen-bond donors (Lipinski definition) is 2. The van der Waals surface area contributed by atoms with E-state index in [0.29, 0.717) is 31.2 Å². The Labute approximate surface area is 182 Å². The molecule has 0 unspecified atom stereocenters. The molecular weight excluding hydrogens is 392 g/mol. The molecule has 0 saturated heterocycles. The molecule has 0 saturated carbocycles. The van der Waals surface area contributed by atoms with Crippen molar-refractivity contribution in [2.75, 3.05) is 0 Å². The van der Waals surface area contributed by atoms with E-state index in [1.54, 1.807) is 6.08 Å². The van der Waals surface area contributed by atoms with E-state index in [0.717, 1.165) is 28.1 Å². The molecule has 0 amide bonds. The lowest BCUT2D eigenvalue weighted by Gasteiger charge is -2.23. The Kier molecular flexibility index (Phi) is 6.92. The van der Waals surface area contributed by atoms with Crippen molar-refractivity contribution in [3.05, 3.63) is 83.8 Å². The van der Waals surface area contributed by atoms with Crippen molar-refractivity contribution < 1.29 is 19.1 Å². The molecule has 1 aromatic heterocycles. The summed E-state index contributed by atoms with van der Waals surface area (Å²) >= 11 is 0. The van der Waals surface area contributed by atoms with Gasteiger partial charge in [0.25, 0.3) is 0 Å². The number of ether oxygens (including phenoxy) is 1. The number of carboxylic acids is 1. The van der Waals surface area contributed by atoms with Gasteiger partial charge in [0, 0.05) is 18.7 Å². The molecule has 0 bridgehead atoms. The quantitative estimate of drug-likeness (QED) is 0.453. The highest BCUT2D eigenvalue weighted by atomic mass is 16.5. The third kappa shape index (κ3) is 5.61. The average molecular weight is 421 g/mol. The number of oxazole rings is 1. The predicted molar refractivity (Wildman–Crippen MR) is 120 cm³/mol. The van der Waals surface area contributed by atoms with Crippen molar-refractivity contribution in [1.29, 1.82) is 0 Å². The van der Waals surface area contributed by atoms with Crippen LogP contribution >= 0.6 is 0 Å². The van der Waals surface area contributed by atoms with Gasteiger partial charge in [-0.2, -0.15) is 0 Å². The van der Waals surface area contributed by atoms with Crippen LogP contribution in [0.15, 0.2) is 65.6 Å². The van der Waals surface area contributed by atoms with Crippen LogP contribution in [0.2, 0.25) is 0 Å². The van der Waals surface area contributed by atoms with E-state index in [-0.39, 0.29) is 0 Å². The van der Waals surface area contributed by atoms with Crippen LogP contribution in [-0.4, -0.2) is 21.7 Å². The fraction of sp³-hybridized carbons (Fsp3) is 0.280. The lowest BCUT2D eigenvalue weighted by atomic mass is 10.1. The monoisotopic (exact) mass is 420 g/mol. The average Bonchev–Trinajstić information content (AvgIpc) is 3.11. The van der Waals surface area contributed by atoms with Gasteiger partial charge in [-0.1, -0.05) is 36.4 Å². The summed E-state index contributed by atoms with van der Waals surface area (Å²) in [6.07, 6.45) is 2.36. The first-order chi connectivity index (χ1) is 14.8. The fourth-order valence-electron chi connectivity index (χ4n) is 3.10. The molecule has 0 atom stereocenters. The highest BCUT2D eigenvalue weighted by molar-refractivity contribution is 5.76. The Morgan fingerprint density at radius 3 is 2.65 bits per heavy atom. The lowest BCUT2D eigenvalue weighted by molar-refractivity contribution is -0.152. The molecule has 0 aliphatic carbocycles. The third-order valence-electron chi connectivity index (χ3n) is 4.90. The van der Waals surface area contributed by atoms with Crippen LogP contribution in [0.5, 0.6) is 5.75 Å². The number of nitrogens with zero attached hydrogens (tertiary/aromatic N) is 1. The maximum absolute atomic E-state index is 11.4. The molecule has 0 aliphatic heterocycles. The van der Waals surface area contributed by atoms with Crippen molar-refractivity contribution in [2.24, 2.45) is 0 Å². The summed E-state index contributed by atoms with van der Waals surface area (Å²) in [6, 6.07) is 15.6. The minimum absolute atomic E-state index is 0.552. The van der Waals surface area contributed by atoms with Crippen LogP contribution in [0, 0.1) is 6.92 Å². The molecule has 0 spiro atoms. The smallest absolute Gasteiger partial charge is 0.347 e. The van der Waals surface area contributed by atoms with Gasteiger partial charge in [0.15, 0.2) is 5.60 Å². The van der Waals surface area contributed by atoms with E-state index in [1.807, 2.05) is 55.5 Å². The first-order valence-electron chi connectivity index (χ1n) is 10.2. The normalized spacial score (nSPS) is 11.3.